The zero-order valence-electron chi connectivity index (χ0n) is 17.8. The zero-order chi connectivity index (χ0) is 22.6. The monoisotopic (exact) mass is 516 g/mol. The number of hydrogen-bond acceptors (Lipinski definition) is 6. The quantitative estimate of drug-likeness (QED) is 0.583. The Morgan fingerprint density at radius 3 is 2.58 bits per heavy atom. The van der Waals surface area contributed by atoms with Crippen molar-refractivity contribution in [1.29, 1.82) is 0 Å². The van der Waals surface area contributed by atoms with Gasteiger partial charge in [-0.05, 0) is 59.8 Å². The maximum atomic E-state index is 13.0. The summed E-state index contributed by atoms with van der Waals surface area (Å²) >= 11 is 3.26. The van der Waals surface area contributed by atoms with Crippen LogP contribution in [0.3, 0.4) is 0 Å². The summed E-state index contributed by atoms with van der Waals surface area (Å²) in [6, 6.07) is 4.34. The van der Waals surface area contributed by atoms with E-state index in [9.17, 15) is 18.0 Å². The molecule has 3 atom stereocenters. The molecule has 0 radical (unpaired) electrons. The highest BCUT2D eigenvalue weighted by Crippen LogP contribution is 2.27. The molecular weight excluding hydrogens is 488 g/mol. The number of hydrogen-bond donors (Lipinski definition) is 1. The van der Waals surface area contributed by atoms with Crippen molar-refractivity contribution < 1.29 is 27.5 Å². The Balaban J connectivity index is 1.68. The second-order valence-electron chi connectivity index (χ2n) is 8.09. The van der Waals surface area contributed by atoms with Crippen LogP contribution in [0, 0.1) is 5.92 Å². The summed E-state index contributed by atoms with van der Waals surface area (Å²) in [5, 5.41) is 2.97. The highest BCUT2D eigenvalue weighted by atomic mass is 79.9. The van der Waals surface area contributed by atoms with Gasteiger partial charge in [0.15, 0.2) is 6.10 Å². The first-order chi connectivity index (χ1) is 14.7. The molecule has 31 heavy (non-hydrogen) atoms. The lowest BCUT2D eigenvalue weighted by atomic mass is 9.86. The molecule has 1 aliphatic heterocycles. The number of rotatable bonds is 6. The standard InChI is InChI=1S/C21H29BrN2O6S/c1-14-5-3-4-6-18(14)23-20(25)15(2)30-21(26)16-7-8-17(22)19(13-16)31(27,28)24-9-11-29-12-10-24/h7-8,13-15,18H,3-6,9-12H2,1-2H3,(H,23,25)/t14-,15-,18-/m1/s1. The van der Waals surface area contributed by atoms with Crippen LogP contribution in [0.2, 0.25) is 0 Å². The molecule has 0 spiro atoms. The second-order valence-corrected chi connectivity index (χ2v) is 10.8. The third-order valence-electron chi connectivity index (χ3n) is 5.85. The Morgan fingerprint density at radius 2 is 1.90 bits per heavy atom. The number of esters is 1. The van der Waals surface area contributed by atoms with Crippen molar-refractivity contribution in [2.75, 3.05) is 26.3 Å². The Kier molecular flexibility index (Phi) is 8.12. The minimum atomic E-state index is -3.80. The number of nitrogens with zero attached hydrogens (tertiary/aromatic N) is 1. The first-order valence-electron chi connectivity index (χ1n) is 10.6. The second kappa shape index (κ2) is 10.4. The van der Waals surface area contributed by atoms with E-state index >= 15 is 0 Å². The van der Waals surface area contributed by atoms with Crippen molar-refractivity contribution in [2.24, 2.45) is 5.92 Å². The van der Waals surface area contributed by atoms with Crippen LogP contribution in [0.5, 0.6) is 0 Å². The van der Waals surface area contributed by atoms with Gasteiger partial charge >= 0.3 is 5.97 Å². The largest absolute Gasteiger partial charge is 0.449 e. The van der Waals surface area contributed by atoms with Crippen LogP contribution in [0.15, 0.2) is 27.6 Å². The van der Waals surface area contributed by atoms with Gasteiger partial charge in [0.1, 0.15) is 0 Å². The summed E-state index contributed by atoms with van der Waals surface area (Å²) in [7, 11) is -3.80. The highest BCUT2D eigenvalue weighted by Gasteiger charge is 2.30. The van der Waals surface area contributed by atoms with E-state index in [1.54, 1.807) is 0 Å². The van der Waals surface area contributed by atoms with Gasteiger partial charge in [-0.2, -0.15) is 4.31 Å². The summed E-state index contributed by atoms with van der Waals surface area (Å²) < 4.78 is 38.2. The van der Waals surface area contributed by atoms with E-state index in [1.807, 2.05) is 0 Å². The molecule has 1 aromatic carbocycles. The Labute approximate surface area is 191 Å². The van der Waals surface area contributed by atoms with Crippen molar-refractivity contribution in [3.63, 3.8) is 0 Å². The number of nitrogens with one attached hydrogen (secondary N) is 1. The smallest absolute Gasteiger partial charge is 0.338 e. The lowest BCUT2D eigenvalue weighted by Crippen LogP contribution is -2.46. The molecule has 10 heteroatoms. The topological polar surface area (TPSA) is 102 Å². The van der Waals surface area contributed by atoms with E-state index in [0.717, 1.165) is 25.7 Å². The van der Waals surface area contributed by atoms with Gasteiger partial charge in [-0.25, -0.2) is 13.2 Å². The molecule has 8 nitrogen and oxygen atoms in total. The van der Waals surface area contributed by atoms with Crippen molar-refractivity contribution in [3.05, 3.63) is 28.2 Å². The summed E-state index contributed by atoms with van der Waals surface area (Å²) in [6.45, 7) is 4.78. The van der Waals surface area contributed by atoms with Gasteiger partial charge in [-0.15, -0.1) is 0 Å². The van der Waals surface area contributed by atoms with Gasteiger partial charge in [0.05, 0.1) is 23.7 Å². The lowest BCUT2D eigenvalue weighted by molar-refractivity contribution is -0.130. The fraction of sp³-hybridized carbons (Fsp3) is 0.619. The summed E-state index contributed by atoms with van der Waals surface area (Å²) in [5.41, 5.74) is 0.0701. The average Bonchev–Trinajstić information content (AvgIpc) is 2.76. The highest BCUT2D eigenvalue weighted by molar-refractivity contribution is 9.10. The molecule has 3 rings (SSSR count). The maximum Gasteiger partial charge on any atom is 0.338 e. The van der Waals surface area contributed by atoms with Crippen molar-refractivity contribution in [3.8, 4) is 0 Å². The van der Waals surface area contributed by atoms with Crippen LogP contribution in [0.25, 0.3) is 0 Å². The van der Waals surface area contributed by atoms with Crippen LogP contribution in [-0.4, -0.2) is 63.0 Å². The SMILES string of the molecule is C[C@@H]1CCCC[C@H]1NC(=O)[C@@H](C)OC(=O)c1ccc(Br)c(S(=O)(=O)N2CCOCC2)c1. The Morgan fingerprint density at radius 1 is 1.23 bits per heavy atom. The minimum Gasteiger partial charge on any atom is -0.449 e. The Bertz CT molecular complexity index is 916. The number of halogens is 1. The van der Waals surface area contributed by atoms with E-state index in [0.29, 0.717) is 23.6 Å². The number of morpholine rings is 1. The third-order valence-corrected chi connectivity index (χ3v) is 8.74. The fourth-order valence-electron chi connectivity index (χ4n) is 3.87. The molecule has 1 saturated heterocycles. The van der Waals surface area contributed by atoms with Crippen molar-refractivity contribution in [2.45, 2.75) is 56.6 Å². The van der Waals surface area contributed by atoms with E-state index in [1.165, 1.54) is 29.4 Å². The van der Waals surface area contributed by atoms with Crippen LogP contribution in [0.4, 0.5) is 0 Å². The maximum absolute atomic E-state index is 13.0. The van der Waals surface area contributed by atoms with Crippen LogP contribution in [0.1, 0.15) is 49.9 Å². The van der Waals surface area contributed by atoms with Crippen LogP contribution < -0.4 is 5.32 Å². The molecule has 0 aromatic heterocycles. The normalized spacial score (nSPS) is 23.7. The number of amides is 1. The lowest BCUT2D eigenvalue weighted by Gasteiger charge is -2.30. The predicted molar refractivity (Wildman–Crippen MR) is 118 cm³/mol. The zero-order valence-corrected chi connectivity index (χ0v) is 20.2. The molecule has 1 aliphatic carbocycles. The van der Waals surface area contributed by atoms with E-state index < -0.39 is 22.1 Å². The van der Waals surface area contributed by atoms with Gasteiger partial charge in [-0.3, -0.25) is 4.79 Å². The molecule has 2 aliphatic rings. The molecular formula is C21H29BrN2O6S. The van der Waals surface area contributed by atoms with Gasteiger partial charge in [-0.1, -0.05) is 19.8 Å². The van der Waals surface area contributed by atoms with E-state index in [-0.39, 0.29) is 35.5 Å². The molecule has 1 aromatic rings. The first kappa shape index (κ1) is 24.2. The van der Waals surface area contributed by atoms with Gasteiger partial charge in [0, 0.05) is 23.6 Å². The minimum absolute atomic E-state index is 0.0167. The van der Waals surface area contributed by atoms with E-state index in [2.05, 4.69) is 28.2 Å². The summed E-state index contributed by atoms with van der Waals surface area (Å²) in [4.78, 5) is 25.1. The molecule has 1 saturated carbocycles. The molecule has 2 fully saturated rings. The fourth-order valence-corrected chi connectivity index (χ4v) is 6.23. The predicted octanol–water partition coefficient (Wildman–Crippen LogP) is 2.71. The number of ether oxygens (including phenoxy) is 2. The Hall–Kier alpha value is -1.49. The van der Waals surface area contributed by atoms with Crippen LogP contribution in [-0.2, 0) is 24.3 Å². The molecule has 0 unspecified atom stereocenters. The molecule has 0 bridgehead atoms. The van der Waals surface area contributed by atoms with Crippen LogP contribution >= 0.6 is 15.9 Å². The van der Waals surface area contributed by atoms with Crippen molar-refractivity contribution in [1.82, 2.24) is 9.62 Å². The first-order valence-corrected chi connectivity index (χ1v) is 12.8. The number of carbonyl (C=O) groups excluding carboxylic acids is 2. The summed E-state index contributed by atoms with van der Waals surface area (Å²) in [5.74, 6) is -0.698. The molecule has 172 valence electrons. The molecule has 1 heterocycles. The third kappa shape index (κ3) is 5.85. The number of carbonyl (C=O) groups is 2. The van der Waals surface area contributed by atoms with Gasteiger partial charge in [0.25, 0.3) is 5.91 Å². The van der Waals surface area contributed by atoms with Gasteiger partial charge in [0.2, 0.25) is 10.0 Å². The average molecular weight is 517 g/mol. The van der Waals surface area contributed by atoms with Gasteiger partial charge < -0.3 is 14.8 Å². The number of benzene rings is 1. The van der Waals surface area contributed by atoms with Crippen molar-refractivity contribution >= 4 is 37.8 Å². The van der Waals surface area contributed by atoms with E-state index in [4.69, 9.17) is 9.47 Å². The number of sulfonamides is 1. The molecule has 1 amide bonds. The summed E-state index contributed by atoms with van der Waals surface area (Å²) in [6.07, 6.45) is 3.24. The molecule has 1 N–H and O–H groups in total.